The molecule has 1 fully saturated rings. The topological polar surface area (TPSA) is 47.4 Å². The molecule has 0 saturated carbocycles. The predicted molar refractivity (Wildman–Crippen MR) is 72.0 cm³/mol. The van der Waals surface area contributed by atoms with E-state index in [1.807, 2.05) is 0 Å². The Morgan fingerprint density at radius 1 is 1.36 bits per heavy atom. The summed E-state index contributed by atoms with van der Waals surface area (Å²) >= 11 is 0. The number of alkyl halides is 3. The quantitative estimate of drug-likeness (QED) is 0.798. The van der Waals surface area contributed by atoms with Gasteiger partial charge in [0.1, 0.15) is 12.2 Å². The van der Waals surface area contributed by atoms with Gasteiger partial charge in [-0.3, -0.25) is 4.79 Å². The fourth-order valence-corrected chi connectivity index (χ4v) is 2.27. The average molecular weight is 315 g/mol. The summed E-state index contributed by atoms with van der Waals surface area (Å²) in [6, 6.07) is 0.751. The minimum absolute atomic E-state index is 0.250. The number of ether oxygens (including phenoxy) is 1. The van der Waals surface area contributed by atoms with Crippen LogP contribution in [0.5, 0.6) is 5.88 Å². The third kappa shape index (κ3) is 3.93. The number of carbonyl (C=O) groups is 1. The second-order valence-electron chi connectivity index (χ2n) is 4.96. The van der Waals surface area contributed by atoms with Crippen LogP contribution < -0.4 is 4.74 Å². The first-order valence-electron chi connectivity index (χ1n) is 6.91. The fraction of sp³-hybridized carbons (Fsp3) is 0.571. The molecule has 1 saturated heterocycles. The van der Waals surface area contributed by atoms with Crippen LogP contribution in [0.3, 0.4) is 0 Å². The number of terminal acetylenes is 1. The fourth-order valence-electron chi connectivity index (χ4n) is 2.27. The SMILES string of the molecule is C#CCn1nc(OCC(=O)N2CCCCC2)cc1C(F)(F)F. The summed E-state index contributed by atoms with van der Waals surface area (Å²) in [7, 11) is 0. The van der Waals surface area contributed by atoms with Crippen molar-refractivity contribution in [2.45, 2.75) is 32.0 Å². The van der Waals surface area contributed by atoms with Gasteiger partial charge in [0.2, 0.25) is 5.88 Å². The lowest BCUT2D eigenvalue weighted by molar-refractivity contribution is -0.144. The lowest BCUT2D eigenvalue weighted by Crippen LogP contribution is -2.38. The van der Waals surface area contributed by atoms with Crippen LogP contribution in [0.4, 0.5) is 13.2 Å². The summed E-state index contributed by atoms with van der Waals surface area (Å²) in [5.74, 6) is 1.59. The van der Waals surface area contributed by atoms with Gasteiger partial charge in [0, 0.05) is 19.2 Å². The largest absolute Gasteiger partial charge is 0.466 e. The van der Waals surface area contributed by atoms with Crippen LogP contribution in [0.1, 0.15) is 25.0 Å². The first kappa shape index (κ1) is 16.2. The molecule has 1 aliphatic heterocycles. The molecule has 22 heavy (non-hydrogen) atoms. The Morgan fingerprint density at radius 2 is 2.05 bits per heavy atom. The van der Waals surface area contributed by atoms with Crippen LogP contribution in [0.15, 0.2) is 6.07 Å². The van der Waals surface area contributed by atoms with Crippen LogP contribution in [-0.2, 0) is 17.5 Å². The number of hydrogen-bond acceptors (Lipinski definition) is 3. The van der Waals surface area contributed by atoms with Crippen LogP contribution >= 0.6 is 0 Å². The van der Waals surface area contributed by atoms with E-state index in [4.69, 9.17) is 11.2 Å². The lowest BCUT2D eigenvalue weighted by atomic mass is 10.1. The summed E-state index contributed by atoms with van der Waals surface area (Å²) in [5, 5.41) is 3.64. The van der Waals surface area contributed by atoms with E-state index in [2.05, 4.69) is 11.0 Å². The Kier molecular flexibility index (Phi) is 4.96. The zero-order valence-corrected chi connectivity index (χ0v) is 11.9. The molecule has 0 bridgehead atoms. The molecule has 0 N–H and O–H groups in total. The molecule has 2 heterocycles. The minimum atomic E-state index is -4.58. The average Bonchev–Trinajstić information content (AvgIpc) is 2.89. The number of aromatic nitrogens is 2. The van der Waals surface area contributed by atoms with Gasteiger partial charge in [0.05, 0.1) is 0 Å². The molecule has 1 aromatic heterocycles. The third-order valence-electron chi connectivity index (χ3n) is 3.34. The van der Waals surface area contributed by atoms with Gasteiger partial charge in [-0.2, -0.15) is 13.2 Å². The van der Waals surface area contributed by atoms with Crippen LogP contribution in [-0.4, -0.2) is 40.3 Å². The van der Waals surface area contributed by atoms with Gasteiger partial charge >= 0.3 is 6.18 Å². The van der Waals surface area contributed by atoms with Gasteiger partial charge in [0.25, 0.3) is 5.91 Å². The first-order valence-corrected chi connectivity index (χ1v) is 6.91. The molecule has 8 heteroatoms. The smallest absolute Gasteiger partial charge is 0.433 e. The van der Waals surface area contributed by atoms with E-state index < -0.39 is 11.9 Å². The molecule has 0 unspecified atom stereocenters. The van der Waals surface area contributed by atoms with Gasteiger partial charge in [-0.25, -0.2) is 4.68 Å². The number of carbonyl (C=O) groups excluding carboxylic acids is 1. The van der Waals surface area contributed by atoms with E-state index in [0.29, 0.717) is 17.8 Å². The van der Waals surface area contributed by atoms with E-state index >= 15 is 0 Å². The molecule has 5 nitrogen and oxygen atoms in total. The van der Waals surface area contributed by atoms with Crippen molar-refractivity contribution in [3.8, 4) is 18.2 Å². The van der Waals surface area contributed by atoms with Crippen molar-refractivity contribution in [1.29, 1.82) is 0 Å². The molecule has 1 aromatic rings. The highest BCUT2D eigenvalue weighted by atomic mass is 19.4. The maximum absolute atomic E-state index is 12.8. The summed E-state index contributed by atoms with van der Waals surface area (Å²) < 4.78 is 44.2. The van der Waals surface area contributed by atoms with E-state index in [9.17, 15) is 18.0 Å². The van der Waals surface area contributed by atoms with Crippen LogP contribution in [0.2, 0.25) is 0 Å². The Bertz CT molecular complexity index is 569. The van der Waals surface area contributed by atoms with Crippen molar-refractivity contribution < 1.29 is 22.7 Å². The summed E-state index contributed by atoms with van der Waals surface area (Å²) in [5.41, 5.74) is -0.995. The normalized spacial score (nSPS) is 15.5. The van der Waals surface area contributed by atoms with Crippen molar-refractivity contribution in [2.75, 3.05) is 19.7 Å². The standard InChI is InChI=1S/C14H16F3N3O2/c1-2-6-20-11(14(15,16)17)9-12(18-20)22-10-13(21)19-7-4-3-5-8-19/h1,9H,3-8,10H2. The highest BCUT2D eigenvalue weighted by Gasteiger charge is 2.36. The van der Waals surface area contributed by atoms with Crippen molar-refractivity contribution in [3.63, 3.8) is 0 Å². The van der Waals surface area contributed by atoms with E-state index in [-0.39, 0.29) is 24.9 Å². The molecule has 1 amide bonds. The number of likely N-dealkylation sites (tertiary alicyclic amines) is 1. The molecule has 0 spiro atoms. The minimum Gasteiger partial charge on any atom is -0.466 e. The highest BCUT2D eigenvalue weighted by molar-refractivity contribution is 5.77. The molecule has 0 aromatic carbocycles. The van der Waals surface area contributed by atoms with Gasteiger partial charge in [-0.1, -0.05) is 5.92 Å². The maximum Gasteiger partial charge on any atom is 0.433 e. The molecule has 0 radical (unpaired) electrons. The number of nitrogens with zero attached hydrogens (tertiary/aromatic N) is 3. The number of hydrogen-bond donors (Lipinski definition) is 0. The van der Waals surface area contributed by atoms with Crippen molar-refractivity contribution >= 4 is 5.91 Å². The Balaban J connectivity index is 2.00. The monoisotopic (exact) mass is 315 g/mol. The van der Waals surface area contributed by atoms with Gasteiger partial charge in [-0.15, -0.1) is 11.5 Å². The number of piperidine rings is 1. The summed E-state index contributed by atoms with van der Waals surface area (Å²) in [6.07, 6.45) is 3.38. The zero-order chi connectivity index (χ0) is 16.2. The van der Waals surface area contributed by atoms with Crippen molar-refractivity contribution in [3.05, 3.63) is 11.8 Å². The first-order chi connectivity index (χ1) is 10.4. The van der Waals surface area contributed by atoms with Gasteiger partial charge in [-0.05, 0) is 19.3 Å². The molecular formula is C14H16F3N3O2. The highest BCUT2D eigenvalue weighted by Crippen LogP contribution is 2.31. The van der Waals surface area contributed by atoms with Crippen molar-refractivity contribution in [1.82, 2.24) is 14.7 Å². The molecule has 0 aliphatic carbocycles. The third-order valence-corrected chi connectivity index (χ3v) is 3.34. The van der Waals surface area contributed by atoms with Crippen LogP contribution in [0.25, 0.3) is 0 Å². The maximum atomic E-state index is 12.8. The summed E-state index contributed by atoms with van der Waals surface area (Å²) in [6.45, 7) is 0.658. The predicted octanol–water partition coefficient (Wildman–Crippen LogP) is 1.93. The second kappa shape index (κ2) is 6.73. The molecule has 120 valence electrons. The number of halogens is 3. The van der Waals surface area contributed by atoms with Gasteiger partial charge < -0.3 is 9.64 Å². The lowest BCUT2D eigenvalue weighted by Gasteiger charge is -2.26. The van der Waals surface area contributed by atoms with Crippen molar-refractivity contribution in [2.24, 2.45) is 0 Å². The summed E-state index contributed by atoms with van der Waals surface area (Å²) in [4.78, 5) is 13.5. The Hall–Kier alpha value is -2.17. The molecule has 2 rings (SSSR count). The molecular weight excluding hydrogens is 299 g/mol. The zero-order valence-electron chi connectivity index (χ0n) is 11.9. The van der Waals surface area contributed by atoms with E-state index in [0.717, 1.165) is 25.3 Å². The van der Waals surface area contributed by atoms with E-state index in [1.165, 1.54) is 0 Å². The molecule has 1 aliphatic rings. The van der Waals surface area contributed by atoms with Gasteiger partial charge in [0.15, 0.2) is 6.61 Å². The Morgan fingerprint density at radius 3 is 2.64 bits per heavy atom. The van der Waals surface area contributed by atoms with E-state index in [1.54, 1.807) is 4.90 Å². The second-order valence-corrected chi connectivity index (χ2v) is 4.96. The number of amides is 1. The molecule has 0 atom stereocenters. The number of rotatable bonds is 4. The van der Waals surface area contributed by atoms with Crippen LogP contribution in [0, 0.1) is 12.3 Å². The Labute approximate surface area is 126 Å².